The van der Waals surface area contributed by atoms with E-state index in [1.165, 1.54) is 71.1 Å². The molecule has 0 bridgehead atoms. The first-order valence-electron chi connectivity index (χ1n) is 22.2. The van der Waals surface area contributed by atoms with Gasteiger partial charge in [0.1, 0.15) is 24.1 Å². The highest BCUT2D eigenvalue weighted by Gasteiger charge is 2.25. The SMILES string of the molecule is CCCCCCCCCCCCCCCC(=O)Nc1cc(OCCN(CC)c2ccc(N=Nc3sc([N+](=O)[O-])cc3[N+](=O)[O-])c(NC(C)=O)c2)c2ccccc2c1OCOC(C)OC. The normalized spacial score (nSPS) is 11.8. The lowest BCUT2D eigenvalue weighted by molar-refractivity contribution is -0.389. The summed E-state index contributed by atoms with van der Waals surface area (Å²) in [7, 11) is 1.54. The van der Waals surface area contributed by atoms with Gasteiger partial charge in [-0.3, -0.25) is 29.8 Å². The van der Waals surface area contributed by atoms with Gasteiger partial charge in [0, 0.05) is 49.5 Å². The molecule has 1 heterocycles. The van der Waals surface area contributed by atoms with Gasteiger partial charge >= 0.3 is 10.7 Å². The number of likely N-dealkylation sites (N-methyl/N-ethyl adjacent to an activating group) is 1. The number of amides is 2. The molecule has 2 N–H and O–H groups in total. The summed E-state index contributed by atoms with van der Waals surface area (Å²) in [4.78, 5) is 48.9. The van der Waals surface area contributed by atoms with Gasteiger partial charge in [-0.25, -0.2) is 0 Å². The third-order valence-electron chi connectivity index (χ3n) is 10.5. The average Bonchev–Trinajstić information content (AvgIpc) is 3.72. The predicted octanol–water partition coefficient (Wildman–Crippen LogP) is 12.8. The Morgan fingerprint density at radius 1 is 0.797 bits per heavy atom. The number of nitrogens with zero attached hydrogens (tertiary/aromatic N) is 5. The van der Waals surface area contributed by atoms with E-state index in [4.69, 9.17) is 18.9 Å². The van der Waals surface area contributed by atoms with Crippen LogP contribution in [0.3, 0.4) is 0 Å². The Morgan fingerprint density at radius 3 is 2.06 bits per heavy atom. The van der Waals surface area contributed by atoms with Crippen molar-refractivity contribution in [3.63, 3.8) is 0 Å². The highest BCUT2D eigenvalue weighted by molar-refractivity contribution is 7.19. The standard InChI is InChI=1S/C46H63N7O10S/c1-6-8-9-10-11-12-13-14-15-16-17-18-19-24-43(55)48-40-30-42(36-22-20-21-23-37(36)45(40)63-32-62-34(4)60-5)61-28-27-51(7-2)35-25-26-38(39(29-35)47-33(3)54)49-50-46-41(52(56)57)31-44(64-46)53(58)59/h20-23,25-26,29-31,34H,6-19,24,27-28,32H2,1-5H3,(H,47,54)(H,48,55). The summed E-state index contributed by atoms with van der Waals surface area (Å²) >= 11 is 0.524. The smallest absolute Gasteiger partial charge is 0.333 e. The first-order chi connectivity index (χ1) is 30.9. The number of fused-ring (bicyclic) bond motifs is 1. The van der Waals surface area contributed by atoms with Gasteiger partial charge in [-0.15, -0.1) is 10.2 Å². The molecule has 1 aromatic heterocycles. The van der Waals surface area contributed by atoms with Gasteiger partial charge in [0.05, 0.1) is 27.8 Å². The fourth-order valence-electron chi connectivity index (χ4n) is 7.04. The molecule has 348 valence electrons. The lowest BCUT2D eigenvalue weighted by atomic mass is 10.0. The molecule has 4 rings (SSSR count). The van der Waals surface area contributed by atoms with Gasteiger partial charge in [0.25, 0.3) is 0 Å². The summed E-state index contributed by atoms with van der Waals surface area (Å²) in [5.41, 5.74) is 1.10. The van der Waals surface area contributed by atoms with Crippen molar-refractivity contribution < 1.29 is 38.4 Å². The molecule has 0 aliphatic heterocycles. The number of nitrogens with one attached hydrogen (secondary N) is 2. The van der Waals surface area contributed by atoms with Gasteiger partial charge in [0.15, 0.2) is 18.8 Å². The molecule has 0 aliphatic rings. The molecule has 0 saturated heterocycles. The maximum atomic E-state index is 13.4. The third kappa shape index (κ3) is 16.4. The van der Waals surface area contributed by atoms with E-state index in [1.54, 1.807) is 38.3 Å². The molecule has 0 radical (unpaired) electrons. The van der Waals surface area contributed by atoms with Crippen molar-refractivity contribution >= 4 is 72.4 Å². The van der Waals surface area contributed by atoms with Crippen molar-refractivity contribution in [2.75, 3.05) is 49.1 Å². The topological polar surface area (TPSA) is 209 Å². The molecule has 0 aliphatic carbocycles. The fraction of sp³-hybridized carbons (Fsp3) is 0.522. The minimum atomic E-state index is -0.764. The molecule has 1 unspecified atom stereocenters. The number of ether oxygens (including phenoxy) is 4. The van der Waals surface area contributed by atoms with Crippen molar-refractivity contribution in [2.24, 2.45) is 10.2 Å². The lowest BCUT2D eigenvalue weighted by Crippen LogP contribution is -2.28. The number of carbonyl (C=O) groups excluding carboxylic acids is 2. The quantitative estimate of drug-likeness (QED) is 0.0159. The zero-order chi connectivity index (χ0) is 46.3. The van der Waals surface area contributed by atoms with Crippen LogP contribution in [0.4, 0.5) is 38.4 Å². The molecule has 0 spiro atoms. The second-order valence-electron chi connectivity index (χ2n) is 15.4. The molecule has 17 nitrogen and oxygen atoms in total. The Kier molecular flexibility index (Phi) is 21.9. The molecule has 18 heteroatoms. The summed E-state index contributed by atoms with van der Waals surface area (Å²) in [5.74, 6) is 0.489. The van der Waals surface area contributed by atoms with Gasteiger partial charge < -0.3 is 34.5 Å². The van der Waals surface area contributed by atoms with Crippen LogP contribution in [-0.2, 0) is 19.1 Å². The number of thiophene rings is 1. The van der Waals surface area contributed by atoms with Crippen LogP contribution >= 0.6 is 11.3 Å². The first-order valence-corrected chi connectivity index (χ1v) is 23.0. The molecule has 3 aromatic carbocycles. The van der Waals surface area contributed by atoms with Gasteiger partial charge in [-0.2, -0.15) is 0 Å². The molecule has 1 atom stereocenters. The van der Waals surface area contributed by atoms with Crippen LogP contribution in [0.5, 0.6) is 11.5 Å². The van der Waals surface area contributed by atoms with Crippen molar-refractivity contribution in [3.8, 4) is 11.5 Å². The van der Waals surface area contributed by atoms with Gasteiger partial charge in [-0.1, -0.05) is 108 Å². The Balaban J connectivity index is 1.44. The minimum absolute atomic E-state index is 0.108. The number of rotatable bonds is 31. The van der Waals surface area contributed by atoms with Gasteiger partial charge in [0.2, 0.25) is 16.8 Å². The summed E-state index contributed by atoms with van der Waals surface area (Å²) < 4.78 is 23.5. The second kappa shape index (κ2) is 27.5. The highest BCUT2D eigenvalue weighted by Crippen LogP contribution is 2.43. The molecule has 4 aromatic rings. The lowest BCUT2D eigenvalue weighted by Gasteiger charge is -2.25. The molecular weight excluding hydrogens is 843 g/mol. The van der Waals surface area contributed by atoms with Crippen molar-refractivity contribution in [1.29, 1.82) is 0 Å². The maximum Gasteiger partial charge on any atom is 0.333 e. The number of anilines is 3. The van der Waals surface area contributed by atoms with E-state index in [2.05, 4.69) is 27.8 Å². The molecule has 2 amide bonds. The number of carbonyl (C=O) groups is 2. The van der Waals surface area contributed by atoms with Crippen LogP contribution in [0.15, 0.2) is 64.8 Å². The van der Waals surface area contributed by atoms with E-state index in [0.29, 0.717) is 53.7 Å². The Morgan fingerprint density at radius 2 is 1.45 bits per heavy atom. The number of azo groups is 1. The largest absolute Gasteiger partial charge is 0.491 e. The van der Waals surface area contributed by atoms with E-state index in [9.17, 15) is 29.8 Å². The minimum Gasteiger partial charge on any atom is -0.491 e. The van der Waals surface area contributed by atoms with Crippen molar-refractivity contribution in [3.05, 3.63) is 74.8 Å². The summed E-state index contributed by atoms with van der Waals surface area (Å²) in [6.45, 7) is 8.40. The summed E-state index contributed by atoms with van der Waals surface area (Å²) in [5, 5.41) is 37.4. The maximum absolute atomic E-state index is 13.4. The number of benzene rings is 3. The van der Waals surface area contributed by atoms with Crippen LogP contribution in [0.25, 0.3) is 10.8 Å². The Hall–Kier alpha value is -5.72. The van der Waals surface area contributed by atoms with Crippen molar-refractivity contribution in [2.45, 2.75) is 124 Å². The monoisotopic (exact) mass is 905 g/mol. The van der Waals surface area contributed by atoms with E-state index in [-0.39, 0.29) is 41.6 Å². The van der Waals surface area contributed by atoms with Crippen LogP contribution in [-0.4, -0.2) is 61.6 Å². The zero-order valence-corrected chi connectivity index (χ0v) is 38.5. The van der Waals surface area contributed by atoms with E-state index in [0.717, 1.165) is 36.1 Å². The molecule has 64 heavy (non-hydrogen) atoms. The summed E-state index contributed by atoms with van der Waals surface area (Å²) in [6.07, 6.45) is 15.8. The number of hydrogen-bond acceptors (Lipinski definition) is 14. The number of nitro groups is 2. The van der Waals surface area contributed by atoms with Crippen molar-refractivity contribution in [1.82, 2.24) is 0 Å². The number of unbranched alkanes of at least 4 members (excludes halogenated alkanes) is 12. The van der Waals surface area contributed by atoms with E-state index >= 15 is 0 Å². The van der Waals surface area contributed by atoms with Crippen LogP contribution < -0.4 is 25.0 Å². The van der Waals surface area contributed by atoms with E-state index in [1.807, 2.05) is 36.1 Å². The molecular formula is C46H63N7O10S. The highest BCUT2D eigenvalue weighted by atomic mass is 32.1. The summed E-state index contributed by atoms with van der Waals surface area (Å²) in [6, 6.07) is 15.3. The second-order valence-corrected chi connectivity index (χ2v) is 16.4. The predicted molar refractivity (Wildman–Crippen MR) is 252 cm³/mol. The average molecular weight is 906 g/mol. The van der Waals surface area contributed by atoms with E-state index < -0.39 is 26.8 Å². The van der Waals surface area contributed by atoms with Crippen LogP contribution in [0.2, 0.25) is 0 Å². The Labute approximate surface area is 379 Å². The number of methoxy groups -OCH3 is 1. The van der Waals surface area contributed by atoms with Crippen LogP contribution in [0, 0.1) is 20.2 Å². The fourth-order valence-corrected chi connectivity index (χ4v) is 7.80. The zero-order valence-electron chi connectivity index (χ0n) is 37.7. The molecule has 0 saturated carbocycles. The third-order valence-corrected chi connectivity index (χ3v) is 11.5. The Bertz CT molecular complexity index is 2160. The van der Waals surface area contributed by atoms with Crippen LogP contribution in [0.1, 0.15) is 118 Å². The molecule has 0 fully saturated rings. The first kappa shape index (κ1) is 50.9. The van der Waals surface area contributed by atoms with Gasteiger partial charge in [-0.05, 0) is 49.8 Å². The number of hydrogen-bond donors (Lipinski definition) is 2.